The van der Waals surface area contributed by atoms with Crippen LogP contribution in [0.3, 0.4) is 0 Å². The number of hydrogen-bond donors (Lipinski definition) is 2. The van der Waals surface area contributed by atoms with Gasteiger partial charge in [0.25, 0.3) is 0 Å². The quantitative estimate of drug-likeness (QED) is 0.899. The summed E-state index contributed by atoms with van der Waals surface area (Å²) in [4.78, 5) is 13.0. The van der Waals surface area contributed by atoms with Gasteiger partial charge in [0.15, 0.2) is 0 Å². The molecule has 2 unspecified atom stereocenters. The maximum absolute atomic E-state index is 13.0. The maximum atomic E-state index is 13.0. The number of benzene rings is 1. The molecule has 1 aromatic carbocycles. The van der Waals surface area contributed by atoms with E-state index < -0.39 is 5.41 Å². The van der Waals surface area contributed by atoms with Gasteiger partial charge in [-0.2, -0.15) is 0 Å². The number of hydrogen-bond acceptors (Lipinski definition) is 2. The number of aryl methyl sites for hydroxylation is 1. The number of rotatable bonds is 3. The third kappa shape index (κ3) is 3.30. The molecule has 0 spiro atoms. The fourth-order valence-corrected chi connectivity index (χ4v) is 4.46. The van der Waals surface area contributed by atoms with Crippen LogP contribution in [0.2, 0.25) is 0 Å². The zero-order valence-corrected chi connectivity index (χ0v) is 14.6. The van der Waals surface area contributed by atoms with E-state index in [-0.39, 0.29) is 5.91 Å². The minimum absolute atomic E-state index is 0.152. The van der Waals surface area contributed by atoms with Gasteiger partial charge >= 0.3 is 0 Å². The van der Waals surface area contributed by atoms with Gasteiger partial charge in [0.2, 0.25) is 5.91 Å². The molecule has 2 saturated carbocycles. The second kappa shape index (κ2) is 6.27. The van der Waals surface area contributed by atoms with Crippen molar-refractivity contribution in [3.8, 4) is 0 Å². The molecule has 2 aliphatic carbocycles. The first-order valence-corrected chi connectivity index (χ1v) is 9.01. The molecule has 126 valence electrons. The first kappa shape index (κ1) is 16.5. The van der Waals surface area contributed by atoms with Crippen LogP contribution in [-0.2, 0) is 10.2 Å². The molecule has 23 heavy (non-hydrogen) atoms. The first-order valence-electron chi connectivity index (χ1n) is 9.01. The number of nitrogens with one attached hydrogen (secondary N) is 1. The molecule has 3 rings (SSSR count). The summed E-state index contributed by atoms with van der Waals surface area (Å²) in [7, 11) is 0. The van der Waals surface area contributed by atoms with E-state index in [1.54, 1.807) is 0 Å². The molecule has 1 amide bonds. The van der Waals surface area contributed by atoms with Crippen LogP contribution in [0.4, 0.5) is 0 Å². The molecule has 0 saturated heterocycles. The van der Waals surface area contributed by atoms with Crippen LogP contribution in [0, 0.1) is 18.8 Å². The lowest BCUT2D eigenvalue weighted by atomic mass is 9.66. The molecule has 2 bridgehead atoms. The SMILES string of the molecule is Cc1ccc(C(C)(C)C(=O)NC2C3CCCC2CC(N)C3)cc1. The van der Waals surface area contributed by atoms with E-state index in [9.17, 15) is 4.79 Å². The van der Waals surface area contributed by atoms with Gasteiger partial charge in [0.05, 0.1) is 5.41 Å². The fraction of sp³-hybridized carbons (Fsp3) is 0.650. The smallest absolute Gasteiger partial charge is 0.230 e. The summed E-state index contributed by atoms with van der Waals surface area (Å²) < 4.78 is 0. The van der Waals surface area contributed by atoms with Gasteiger partial charge < -0.3 is 11.1 Å². The molecule has 3 nitrogen and oxygen atoms in total. The molecule has 1 aromatic rings. The Balaban J connectivity index is 1.74. The summed E-state index contributed by atoms with van der Waals surface area (Å²) in [6.45, 7) is 6.12. The lowest BCUT2D eigenvalue weighted by Gasteiger charge is -2.46. The van der Waals surface area contributed by atoms with Gasteiger partial charge in [0.1, 0.15) is 0 Å². The van der Waals surface area contributed by atoms with Crippen molar-refractivity contribution >= 4 is 5.91 Å². The van der Waals surface area contributed by atoms with Gasteiger partial charge in [-0.05, 0) is 63.9 Å². The normalized spacial score (nSPS) is 30.8. The van der Waals surface area contributed by atoms with Crippen LogP contribution < -0.4 is 11.1 Å². The molecular weight excluding hydrogens is 284 g/mol. The highest BCUT2D eigenvalue weighted by atomic mass is 16.2. The van der Waals surface area contributed by atoms with E-state index in [1.165, 1.54) is 24.8 Å². The second-order valence-corrected chi connectivity index (χ2v) is 8.17. The third-order valence-electron chi connectivity index (χ3n) is 6.02. The zero-order chi connectivity index (χ0) is 16.6. The Hall–Kier alpha value is -1.35. The Morgan fingerprint density at radius 1 is 1.13 bits per heavy atom. The summed E-state index contributed by atoms with van der Waals surface area (Å²) in [5.41, 5.74) is 8.00. The van der Waals surface area contributed by atoms with Crippen molar-refractivity contribution in [1.29, 1.82) is 0 Å². The Bertz CT molecular complexity index is 550. The molecule has 0 aliphatic heterocycles. The topological polar surface area (TPSA) is 55.1 Å². The molecule has 3 heteroatoms. The number of carbonyl (C=O) groups excluding carboxylic acids is 1. The standard InChI is InChI=1S/C20H30N2O/c1-13-7-9-16(10-8-13)20(2,3)19(23)22-18-14-5-4-6-15(18)12-17(21)11-14/h7-10,14-15,17-18H,4-6,11-12,21H2,1-3H3,(H,22,23). The number of amides is 1. The molecule has 2 atom stereocenters. The lowest BCUT2D eigenvalue weighted by molar-refractivity contribution is -0.128. The predicted molar refractivity (Wildman–Crippen MR) is 94.2 cm³/mol. The fourth-order valence-electron chi connectivity index (χ4n) is 4.46. The Morgan fingerprint density at radius 3 is 2.26 bits per heavy atom. The van der Waals surface area contributed by atoms with E-state index in [0.29, 0.717) is 23.9 Å². The predicted octanol–water partition coefficient (Wildman–Crippen LogP) is 3.29. The molecule has 0 radical (unpaired) electrons. The summed E-state index contributed by atoms with van der Waals surface area (Å²) in [6.07, 6.45) is 5.83. The highest BCUT2D eigenvalue weighted by Crippen LogP contribution is 2.40. The van der Waals surface area contributed by atoms with Crippen LogP contribution in [0.25, 0.3) is 0 Å². The van der Waals surface area contributed by atoms with Gasteiger partial charge in [-0.3, -0.25) is 4.79 Å². The minimum Gasteiger partial charge on any atom is -0.352 e. The monoisotopic (exact) mass is 314 g/mol. The maximum Gasteiger partial charge on any atom is 0.230 e. The Labute approximate surface area is 140 Å². The van der Waals surface area contributed by atoms with Crippen molar-refractivity contribution < 1.29 is 4.79 Å². The number of fused-ring (bicyclic) bond motifs is 2. The molecule has 2 fully saturated rings. The summed E-state index contributed by atoms with van der Waals surface area (Å²) in [5, 5.41) is 3.40. The average Bonchev–Trinajstić information content (AvgIpc) is 2.48. The van der Waals surface area contributed by atoms with Crippen molar-refractivity contribution in [3.63, 3.8) is 0 Å². The summed E-state index contributed by atoms with van der Waals surface area (Å²) in [6, 6.07) is 8.96. The molecule has 2 aliphatic rings. The van der Waals surface area contributed by atoms with E-state index in [2.05, 4.69) is 36.5 Å². The van der Waals surface area contributed by atoms with Crippen molar-refractivity contribution in [2.24, 2.45) is 17.6 Å². The van der Waals surface area contributed by atoms with Gasteiger partial charge in [-0.15, -0.1) is 0 Å². The van der Waals surface area contributed by atoms with Crippen molar-refractivity contribution in [2.45, 2.75) is 70.4 Å². The molecule has 3 N–H and O–H groups in total. The van der Waals surface area contributed by atoms with Gasteiger partial charge in [-0.1, -0.05) is 36.2 Å². The molecule has 0 heterocycles. The highest BCUT2D eigenvalue weighted by molar-refractivity contribution is 5.87. The van der Waals surface area contributed by atoms with Crippen LogP contribution in [0.15, 0.2) is 24.3 Å². The first-order chi connectivity index (χ1) is 10.9. The Kier molecular flexibility index (Phi) is 4.50. The van der Waals surface area contributed by atoms with E-state index in [4.69, 9.17) is 5.73 Å². The number of carbonyl (C=O) groups is 1. The molecular formula is C20H30N2O. The van der Waals surface area contributed by atoms with Crippen LogP contribution in [-0.4, -0.2) is 18.0 Å². The largest absolute Gasteiger partial charge is 0.352 e. The highest BCUT2D eigenvalue weighted by Gasteiger charge is 2.42. The second-order valence-electron chi connectivity index (χ2n) is 8.17. The lowest BCUT2D eigenvalue weighted by Crippen LogP contribution is -2.56. The van der Waals surface area contributed by atoms with Crippen LogP contribution >= 0.6 is 0 Å². The van der Waals surface area contributed by atoms with Crippen molar-refractivity contribution in [1.82, 2.24) is 5.32 Å². The minimum atomic E-state index is -0.498. The zero-order valence-electron chi connectivity index (χ0n) is 14.6. The summed E-state index contributed by atoms with van der Waals surface area (Å²) in [5.74, 6) is 1.28. The third-order valence-corrected chi connectivity index (χ3v) is 6.02. The Morgan fingerprint density at radius 2 is 1.70 bits per heavy atom. The summed E-state index contributed by atoms with van der Waals surface area (Å²) >= 11 is 0. The van der Waals surface area contributed by atoms with E-state index >= 15 is 0 Å². The van der Waals surface area contributed by atoms with Crippen LogP contribution in [0.5, 0.6) is 0 Å². The number of nitrogens with two attached hydrogens (primary N) is 1. The average molecular weight is 314 g/mol. The van der Waals surface area contributed by atoms with Crippen LogP contribution in [0.1, 0.15) is 57.1 Å². The van der Waals surface area contributed by atoms with E-state index in [1.807, 2.05) is 13.8 Å². The van der Waals surface area contributed by atoms with Gasteiger partial charge in [0, 0.05) is 12.1 Å². The van der Waals surface area contributed by atoms with E-state index in [0.717, 1.165) is 18.4 Å². The van der Waals surface area contributed by atoms with Gasteiger partial charge in [-0.25, -0.2) is 0 Å². The molecule has 0 aromatic heterocycles. The van der Waals surface area contributed by atoms with Crippen molar-refractivity contribution in [3.05, 3.63) is 35.4 Å². The van der Waals surface area contributed by atoms with Crippen molar-refractivity contribution in [2.75, 3.05) is 0 Å².